The fraction of sp³-hybridized carbons (Fsp3) is 0.611. The van der Waals surface area contributed by atoms with Crippen LogP contribution in [0, 0.1) is 5.41 Å². The molecule has 0 bridgehead atoms. The number of halogens is 3. The van der Waals surface area contributed by atoms with E-state index in [0.29, 0.717) is 11.4 Å². The van der Waals surface area contributed by atoms with Crippen LogP contribution in [0.25, 0.3) is 0 Å². The zero-order valence-corrected chi connectivity index (χ0v) is 16.5. The van der Waals surface area contributed by atoms with Gasteiger partial charge in [0.2, 0.25) is 0 Å². The number of nitrogens with one attached hydrogen (secondary N) is 2. The molecule has 1 fully saturated rings. The number of carbonyl (C=O) groups is 1. The number of rotatable bonds is 6. The highest BCUT2D eigenvalue weighted by atomic mass is 19.4. The van der Waals surface area contributed by atoms with Crippen LogP contribution in [0.15, 0.2) is 12.3 Å². The fourth-order valence-corrected chi connectivity index (χ4v) is 2.80. The number of amides is 1. The van der Waals surface area contributed by atoms with Crippen LogP contribution in [0.4, 0.5) is 13.2 Å². The molecule has 1 aliphatic rings. The Hall–Kier alpha value is -2.72. The quantitative estimate of drug-likeness (QED) is 0.754. The lowest BCUT2D eigenvalue weighted by Gasteiger charge is -2.28. The predicted octanol–water partition coefficient (Wildman–Crippen LogP) is 3.32. The van der Waals surface area contributed by atoms with Crippen molar-refractivity contribution in [2.75, 3.05) is 0 Å². The molecule has 158 valence electrons. The molecule has 0 spiro atoms. The summed E-state index contributed by atoms with van der Waals surface area (Å²) in [5.41, 5.74) is 0.0946. The molecule has 11 heteroatoms. The number of hydrogen-bond acceptors (Lipinski definition) is 6. The molecule has 1 amide bonds. The maximum Gasteiger partial charge on any atom is 0.425 e. The van der Waals surface area contributed by atoms with Gasteiger partial charge in [-0.25, -0.2) is 0 Å². The number of ether oxygens (including phenoxy) is 1. The molecule has 2 N–H and O–H groups in total. The molecule has 0 aliphatic heterocycles. The van der Waals surface area contributed by atoms with Gasteiger partial charge in [-0.05, 0) is 31.1 Å². The topological polar surface area (TPSA) is 106 Å². The highest BCUT2D eigenvalue weighted by molar-refractivity contribution is 5.93. The average molecular weight is 412 g/mol. The van der Waals surface area contributed by atoms with Crippen LogP contribution >= 0.6 is 0 Å². The number of alkyl halides is 3. The maximum absolute atomic E-state index is 13.0. The summed E-state index contributed by atoms with van der Waals surface area (Å²) in [6.07, 6.45) is -3.38. The fourth-order valence-electron chi connectivity index (χ4n) is 2.80. The van der Waals surface area contributed by atoms with Crippen LogP contribution < -0.4 is 10.1 Å². The molecule has 0 aromatic carbocycles. The Morgan fingerprint density at radius 1 is 1.31 bits per heavy atom. The summed E-state index contributed by atoms with van der Waals surface area (Å²) in [6, 6.07) is 0.679. The van der Waals surface area contributed by atoms with E-state index in [2.05, 4.69) is 30.9 Å². The van der Waals surface area contributed by atoms with Gasteiger partial charge in [-0.15, -0.1) is 10.2 Å². The van der Waals surface area contributed by atoms with Crippen molar-refractivity contribution in [1.82, 2.24) is 30.9 Å². The van der Waals surface area contributed by atoms with E-state index in [-0.39, 0.29) is 17.4 Å². The van der Waals surface area contributed by atoms with Gasteiger partial charge in [0.15, 0.2) is 11.9 Å². The summed E-state index contributed by atoms with van der Waals surface area (Å²) in [7, 11) is 0. The smallest absolute Gasteiger partial charge is 0.425 e. The third kappa shape index (κ3) is 5.01. The van der Waals surface area contributed by atoms with Crippen LogP contribution in [0.5, 0.6) is 5.75 Å². The van der Waals surface area contributed by atoms with Crippen LogP contribution in [-0.4, -0.2) is 43.8 Å². The van der Waals surface area contributed by atoms with Gasteiger partial charge in [-0.3, -0.25) is 9.78 Å². The monoisotopic (exact) mass is 412 g/mol. The molecule has 2 heterocycles. The SMILES string of the molecule is C[C@H](Oc1cc(C(=O)N[C@@H](c2nn[nH]n2)C(C)(C)C)ncc1C1CC1)C(F)(F)F. The molecule has 2 atom stereocenters. The normalized spacial score (nSPS) is 16.9. The van der Waals surface area contributed by atoms with E-state index in [1.165, 1.54) is 12.3 Å². The van der Waals surface area contributed by atoms with E-state index in [0.717, 1.165) is 19.8 Å². The van der Waals surface area contributed by atoms with E-state index >= 15 is 0 Å². The van der Waals surface area contributed by atoms with E-state index in [1.54, 1.807) is 0 Å². The number of aromatic nitrogens is 5. The predicted molar refractivity (Wildman–Crippen MR) is 96.2 cm³/mol. The standard InChI is InChI=1S/C18H23F3N6O2/c1-9(18(19,20)21)29-13-7-12(22-8-11(13)10-5-6-10)16(28)23-14(17(2,3)4)15-24-26-27-25-15/h7-10,14H,5-6H2,1-4H3,(H,23,28)(H,24,25,26,27)/t9-,14-/m0/s1. The van der Waals surface area contributed by atoms with Crippen LogP contribution in [0.1, 0.15) is 74.4 Å². The Labute approximate surface area is 165 Å². The summed E-state index contributed by atoms with van der Waals surface area (Å²) in [4.78, 5) is 16.9. The zero-order chi connectivity index (χ0) is 21.4. The molecular formula is C18H23F3N6O2. The largest absolute Gasteiger partial charge is 0.481 e. The van der Waals surface area contributed by atoms with Crippen molar-refractivity contribution in [3.8, 4) is 5.75 Å². The number of tetrazole rings is 1. The van der Waals surface area contributed by atoms with E-state index in [4.69, 9.17) is 4.74 Å². The molecule has 1 saturated carbocycles. The van der Waals surface area contributed by atoms with Gasteiger partial charge in [-0.2, -0.15) is 18.4 Å². The van der Waals surface area contributed by atoms with Crippen molar-refractivity contribution in [2.45, 2.75) is 64.8 Å². The average Bonchev–Trinajstić information content (AvgIpc) is 3.32. The molecule has 1 aliphatic carbocycles. The van der Waals surface area contributed by atoms with Crippen molar-refractivity contribution < 1.29 is 22.7 Å². The van der Waals surface area contributed by atoms with E-state index in [9.17, 15) is 18.0 Å². The second kappa shape index (κ2) is 7.60. The maximum atomic E-state index is 13.0. The van der Waals surface area contributed by atoms with Crippen molar-refractivity contribution in [3.63, 3.8) is 0 Å². The number of hydrogen-bond donors (Lipinski definition) is 2. The van der Waals surface area contributed by atoms with Gasteiger partial charge in [-0.1, -0.05) is 26.0 Å². The van der Waals surface area contributed by atoms with Crippen LogP contribution in [0.2, 0.25) is 0 Å². The second-order valence-corrected chi connectivity index (χ2v) is 8.23. The number of carbonyl (C=O) groups excluding carboxylic acids is 1. The number of nitrogens with zero attached hydrogens (tertiary/aromatic N) is 4. The van der Waals surface area contributed by atoms with Crippen molar-refractivity contribution >= 4 is 5.91 Å². The number of H-pyrrole nitrogens is 1. The van der Waals surface area contributed by atoms with Gasteiger partial charge >= 0.3 is 6.18 Å². The summed E-state index contributed by atoms with van der Waals surface area (Å²) in [5.74, 6) is -0.134. The minimum atomic E-state index is -4.51. The van der Waals surface area contributed by atoms with Gasteiger partial charge < -0.3 is 10.1 Å². The summed E-state index contributed by atoms with van der Waals surface area (Å²) in [6.45, 7) is 6.59. The zero-order valence-electron chi connectivity index (χ0n) is 16.5. The first-order valence-corrected chi connectivity index (χ1v) is 9.24. The first-order valence-electron chi connectivity index (χ1n) is 9.24. The lowest BCUT2D eigenvalue weighted by Crippen LogP contribution is -2.38. The van der Waals surface area contributed by atoms with Crippen molar-refractivity contribution in [1.29, 1.82) is 0 Å². The highest BCUT2D eigenvalue weighted by Gasteiger charge is 2.39. The van der Waals surface area contributed by atoms with Crippen molar-refractivity contribution in [3.05, 3.63) is 29.3 Å². The summed E-state index contributed by atoms with van der Waals surface area (Å²) in [5, 5.41) is 16.5. The third-order valence-electron chi connectivity index (χ3n) is 4.67. The highest BCUT2D eigenvalue weighted by Crippen LogP contribution is 2.45. The minimum Gasteiger partial charge on any atom is -0.481 e. The Morgan fingerprint density at radius 2 is 2.00 bits per heavy atom. The first kappa shape index (κ1) is 21.0. The van der Waals surface area contributed by atoms with Gasteiger partial charge in [0.05, 0.1) is 6.04 Å². The van der Waals surface area contributed by atoms with Gasteiger partial charge in [0.25, 0.3) is 5.91 Å². The first-order chi connectivity index (χ1) is 13.5. The third-order valence-corrected chi connectivity index (χ3v) is 4.67. The van der Waals surface area contributed by atoms with Crippen LogP contribution in [-0.2, 0) is 0 Å². The lowest BCUT2D eigenvalue weighted by atomic mass is 9.86. The molecule has 2 aromatic rings. The van der Waals surface area contributed by atoms with E-state index < -0.39 is 29.6 Å². The summed E-state index contributed by atoms with van der Waals surface area (Å²) >= 11 is 0. The Kier molecular flexibility index (Phi) is 5.50. The molecule has 29 heavy (non-hydrogen) atoms. The number of pyridine rings is 1. The second-order valence-electron chi connectivity index (χ2n) is 8.23. The van der Waals surface area contributed by atoms with Gasteiger partial charge in [0.1, 0.15) is 11.4 Å². The Bertz CT molecular complexity index is 859. The minimum absolute atomic E-state index is 0.0318. The lowest BCUT2D eigenvalue weighted by molar-refractivity contribution is -0.189. The Balaban J connectivity index is 1.86. The molecule has 0 radical (unpaired) electrons. The van der Waals surface area contributed by atoms with Crippen molar-refractivity contribution in [2.24, 2.45) is 5.41 Å². The Morgan fingerprint density at radius 3 is 2.52 bits per heavy atom. The molecule has 3 rings (SSSR count). The van der Waals surface area contributed by atoms with Gasteiger partial charge in [0, 0.05) is 17.8 Å². The number of aromatic amines is 1. The molecule has 0 saturated heterocycles. The van der Waals surface area contributed by atoms with Crippen LogP contribution in [0.3, 0.4) is 0 Å². The summed E-state index contributed by atoms with van der Waals surface area (Å²) < 4.78 is 44.0. The molecule has 0 unspecified atom stereocenters. The van der Waals surface area contributed by atoms with E-state index in [1.807, 2.05) is 20.8 Å². The molecular weight excluding hydrogens is 389 g/mol. The molecule has 8 nitrogen and oxygen atoms in total. The molecule has 2 aromatic heterocycles.